The monoisotopic (exact) mass is 273 g/mol. The summed E-state index contributed by atoms with van der Waals surface area (Å²) in [5.41, 5.74) is 0. The zero-order chi connectivity index (χ0) is 13.1. The normalized spacial score (nSPS) is 27.1. The molecule has 0 saturated heterocycles. The third kappa shape index (κ3) is 5.72. The number of hydrogen-bond donors (Lipinski definition) is 1. The maximum Gasteiger partial charge on any atom is 0.390 e. The van der Waals surface area contributed by atoms with Crippen LogP contribution in [0.2, 0.25) is 0 Å². The van der Waals surface area contributed by atoms with Crippen molar-refractivity contribution in [1.29, 1.82) is 0 Å². The smallest absolute Gasteiger partial charge is 0.314 e. The Kier molecular flexibility index (Phi) is 4.83. The van der Waals surface area contributed by atoms with Gasteiger partial charge in [-0.1, -0.05) is 6.42 Å². The third-order valence-electron chi connectivity index (χ3n) is 3.07. The molecule has 1 aliphatic rings. The Morgan fingerprint density at radius 1 is 1.29 bits per heavy atom. The van der Waals surface area contributed by atoms with Gasteiger partial charge in [-0.05, 0) is 19.3 Å². The van der Waals surface area contributed by atoms with Gasteiger partial charge in [0.25, 0.3) is 0 Å². The largest absolute Gasteiger partial charge is 0.390 e. The van der Waals surface area contributed by atoms with Crippen molar-refractivity contribution in [3.63, 3.8) is 0 Å². The molecule has 0 aromatic carbocycles. The van der Waals surface area contributed by atoms with Crippen LogP contribution in [-0.4, -0.2) is 38.7 Å². The lowest BCUT2D eigenvalue weighted by Crippen LogP contribution is -2.40. The number of alkyl halides is 3. The fraction of sp³-hybridized carbons (Fsp3) is 1.00. The number of rotatable bonds is 4. The maximum absolute atomic E-state index is 11.9. The minimum atomic E-state index is -4.15. The molecule has 0 aliphatic heterocycles. The zero-order valence-electron chi connectivity index (χ0n) is 9.76. The number of nitrogens with one attached hydrogen (secondary N) is 1. The van der Waals surface area contributed by atoms with Gasteiger partial charge in [0.1, 0.15) is 9.84 Å². The van der Waals surface area contributed by atoms with Crippen LogP contribution in [0.5, 0.6) is 0 Å². The average Bonchev–Trinajstić information content (AvgIpc) is 2.15. The van der Waals surface area contributed by atoms with Crippen LogP contribution in [0.25, 0.3) is 0 Å². The van der Waals surface area contributed by atoms with Gasteiger partial charge in [-0.25, -0.2) is 8.42 Å². The average molecular weight is 273 g/mol. The number of halogens is 3. The van der Waals surface area contributed by atoms with E-state index in [1.807, 2.05) is 0 Å². The molecule has 0 heterocycles. The van der Waals surface area contributed by atoms with E-state index in [-0.39, 0.29) is 12.6 Å². The molecule has 0 aromatic heterocycles. The van der Waals surface area contributed by atoms with Crippen molar-refractivity contribution in [3.05, 3.63) is 0 Å². The lowest BCUT2D eigenvalue weighted by molar-refractivity contribution is -0.133. The minimum Gasteiger partial charge on any atom is -0.314 e. The first-order valence-corrected chi connectivity index (χ1v) is 7.63. The van der Waals surface area contributed by atoms with Gasteiger partial charge < -0.3 is 5.32 Å². The van der Waals surface area contributed by atoms with Crippen molar-refractivity contribution < 1.29 is 21.6 Å². The second kappa shape index (κ2) is 5.56. The van der Waals surface area contributed by atoms with Crippen molar-refractivity contribution >= 4 is 9.84 Å². The van der Waals surface area contributed by atoms with Crippen molar-refractivity contribution in [2.75, 3.05) is 12.8 Å². The summed E-state index contributed by atoms with van der Waals surface area (Å²) in [6.07, 6.45) is -1.28. The lowest BCUT2D eigenvalue weighted by atomic mass is 9.95. The van der Waals surface area contributed by atoms with E-state index in [1.54, 1.807) is 0 Å². The summed E-state index contributed by atoms with van der Waals surface area (Å²) >= 11 is 0. The van der Waals surface area contributed by atoms with Gasteiger partial charge in [-0.2, -0.15) is 13.2 Å². The molecule has 0 amide bonds. The summed E-state index contributed by atoms with van der Waals surface area (Å²) < 4.78 is 58.5. The molecule has 0 bridgehead atoms. The fourth-order valence-corrected chi connectivity index (χ4v) is 3.31. The maximum atomic E-state index is 11.9. The van der Waals surface area contributed by atoms with Gasteiger partial charge in [0.05, 0.1) is 11.7 Å². The van der Waals surface area contributed by atoms with Crippen molar-refractivity contribution in [2.24, 2.45) is 0 Å². The Bertz CT molecular complexity index is 340. The van der Waals surface area contributed by atoms with E-state index in [9.17, 15) is 21.6 Å². The van der Waals surface area contributed by atoms with Crippen LogP contribution in [0.3, 0.4) is 0 Å². The van der Waals surface area contributed by atoms with Crippen molar-refractivity contribution in [2.45, 2.75) is 49.6 Å². The van der Waals surface area contributed by atoms with Crippen LogP contribution in [0.1, 0.15) is 32.1 Å². The fourth-order valence-electron chi connectivity index (χ4n) is 2.14. The Morgan fingerprint density at radius 2 is 1.94 bits per heavy atom. The zero-order valence-corrected chi connectivity index (χ0v) is 10.6. The highest BCUT2D eigenvalue weighted by atomic mass is 32.2. The van der Waals surface area contributed by atoms with Gasteiger partial charge in [-0.15, -0.1) is 0 Å². The van der Waals surface area contributed by atoms with Gasteiger partial charge in [-0.3, -0.25) is 0 Å². The summed E-state index contributed by atoms with van der Waals surface area (Å²) in [5, 5.41) is 2.39. The molecule has 1 aliphatic carbocycles. The van der Waals surface area contributed by atoms with E-state index in [4.69, 9.17) is 0 Å². The molecule has 17 heavy (non-hydrogen) atoms. The summed E-state index contributed by atoms with van der Waals surface area (Å²) in [4.78, 5) is 0. The Morgan fingerprint density at radius 3 is 2.47 bits per heavy atom. The second-order valence-corrected chi connectivity index (χ2v) is 6.96. The molecular formula is C10H18F3NO2S. The first kappa shape index (κ1) is 14.8. The van der Waals surface area contributed by atoms with Crippen LogP contribution >= 0.6 is 0 Å². The van der Waals surface area contributed by atoms with Crippen molar-refractivity contribution in [3.8, 4) is 0 Å². The highest BCUT2D eigenvalue weighted by molar-refractivity contribution is 7.91. The topological polar surface area (TPSA) is 46.2 Å². The Hall–Kier alpha value is -0.300. The Labute approximate surface area is 99.7 Å². The van der Waals surface area contributed by atoms with Crippen LogP contribution in [-0.2, 0) is 9.84 Å². The molecule has 1 saturated carbocycles. The highest BCUT2D eigenvalue weighted by Gasteiger charge is 2.30. The molecule has 2 unspecified atom stereocenters. The van der Waals surface area contributed by atoms with Gasteiger partial charge in [0, 0.05) is 18.8 Å². The quantitative estimate of drug-likeness (QED) is 0.850. The molecule has 1 N–H and O–H groups in total. The first-order chi connectivity index (χ1) is 7.68. The highest BCUT2D eigenvalue weighted by Crippen LogP contribution is 2.24. The molecule has 0 aromatic rings. The standard InChI is InChI=1S/C10H18F3NO2S/c1-17(15,16)9-4-2-3-8(7-9)14-6-5-10(11,12)13/h8-9,14H,2-7H2,1H3. The van der Waals surface area contributed by atoms with Crippen LogP contribution < -0.4 is 5.32 Å². The predicted molar refractivity (Wildman–Crippen MR) is 59.6 cm³/mol. The van der Waals surface area contributed by atoms with Gasteiger partial charge >= 0.3 is 6.18 Å². The summed E-state index contributed by atoms with van der Waals surface area (Å²) in [7, 11) is -3.07. The minimum absolute atomic E-state index is 0.106. The summed E-state index contributed by atoms with van der Waals surface area (Å²) in [6, 6.07) is -0.106. The van der Waals surface area contributed by atoms with Gasteiger partial charge in [0.15, 0.2) is 0 Å². The lowest BCUT2D eigenvalue weighted by Gasteiger charge is -2.28. The SMILES string of the molecule is CS(=O)(=O)C1CCCC(NCCC(F)(F)F)C1. The summed E-state index contributed by atoms with van der Waals surface area (Å²) in [6.45, 7) is -0.134. The molecule has 1 rings (SSSR count). The van der Waals surface area contributed by atoms with E-state index in [0.717, 1.165) is 12.8 Å². The molecule has 2 atom stereocenters. The first-order valence-electron chi connectivity index (χ1n) is 5.67. The predicted octanol–water partition coefficient (Wildman–Crippen LogP) is 1.88. The molecule has 1 fully saturated rings. The van der Waals surface area contributed by atoms with E-state index >= 15 is 0 Å². The number of sulfone groups is 1. The van der Waals surface area contributed by atoms with Crippen LogP contribution in [0.4, 0.5) is 13.2 Å². The van der Waals surface area contributed by atoms with E-state index in [2.05, 4.69) is 5.32 Å². The van der Waals surface area contributed by atoms with E-state index in [0.29, 0.717) is 12.8 Å². The van der Waals surface area contributed by atoms with Crippen molar-refractivity contribution in [1.82, 2.24) is 5.32 Å². The molecule has 7 heteroatoms. The molecule has 102 valence electrons. The number of hydrogen-bond acceptors (Lipinski definition) is 3. The summed E-state index contributed by atoms with van der Waals surface area (Å²) in [5.74, 6) is 0. The van der Waals surface area contributed by atoms with Crippen LogP contribution in [0.15, 0.2) is 0 Å². The van der Waals surface area contributed by atoms with E-state index in [1.165, 1.54) is 6.26 Å². The van der Waals surface area contributed by atoms with Crippen LogP contribution in [0, 0.1) is 0 Å². The molecule has 3 nitrogen and oxygen atoms in total. The van der Waals surface area contributed by atoms with E-state index < -0.39 is 27.7 Å². The molecule has 0 radical (unpaired) electrons. The second-order valence-electron chi connectivity index (χ2n) is 4.63. The molecule has 0 spiro atoms. The van der Waals surface area contributed by atoms with Gasteiger partial charge in [0.2, 0.25) is 0 Å². The Balaban J connectivity index is 2.36. The molecular weight excluding hydrogens is 255 g/mol. The third-order valence-corrected chi connectivity index (χ3v) is 4.71.